The minimum absolute atomic E-state index is 0.746. The molecule has 3 aromatic rings. The van der Waals surface area contributed by atoms with Gasteiger partial charge in [0.05, 0.1) is 25.7 Å². The molecule has 0 aliphatic heterocycles. The van der Waals surface area contributed by atoms with E-state index >= 15 is 0 Å². The van der Waals surface area contributed by atoms with Crippen molar-refractivity contribution in [3.05, 3.63) is 72.6 Å². The van der Waals surface area contributed by atoms with E-state index in [-0.39, 0.29) is 0 Å². The van der Waals surface area contributed by atoms with Gasteiger partial charge in [0.2, 0.25) is 0 Å². The SMILES string of the molecule is COc1cccc(N(Cc2ccncc2)Cc2cnc[nH]2)c1. The largest absolute Gasteiger partial charge is 0.497 e. The summed E-state index contributed by atoms with van der Waals surface area (Å²) in [5.41, 5.74) is 3.37. The van der Waals surface area contributed by atoms with Crippen LogP contribution in [0, 0.1) is 0 Å². The van der Waals surface area contributed by atoms with Gasteiger partial charge in [0, 0.05) is 36.9 Å². The van der Waals surface area contributed by atoms with Crippen LogP contribution in [0.2, 0.25) is 0 Å². The predicted molar refractivity (Wildman–Crippen MR) is 85.7 cm³/mol. The average molecular weight is 294 g/mol. The molecule has 112 valence electrons. The highest BCUT2D eigenvalue weighted by Crippen LogP contribution is 2.24. The van der Waals surface area contributed by atoms with E-state index < -0.39 is 0 Å². The second-order valence-electron chi connectivity index (χ2n) is 4.99. The van der Waals surface area contributed by atoms with Crippen molar-refractivity contribution in [2.24, 2.45) is 0 Å². The number of aromatic amines is 1. The highest BCUT2D eigenvalue weighted by molar-refractivity contribution is 5.51. The van der Waals surface area contributed by atoms with Gasteiger partial charge in [0.25, 0.3) is 0 Å². The third kappa shape index (κ3) is 3.44. The number of hydrogen-bond acceptors (Lipinski definition) is 4. The Morgan fingerprint density at radius 3 is 2.68 bits per heavy atom. The standard InChI is InChI=1S/C17H18N4O/c1-22-17-4-2-3-16(9-17)21(12-15-10-19-13-20-15)11-14-5-7-18-8-6-14/h2-10,13H,11-12H2,1H3,(H,19,20). The first-order valence-electron chi connectivity index (χ1n) is 7.10. The van der Waals surface area contributed by atoms with Gasteiger partial charge in [-0.05, 0) is 29.8 Å². The molecule has 0 atom stereocenters. The monoisotopic (exact) mass is 294 g/mol. The molecule has 0 fully saturated rings. The number of ether oxygens (including phenoxy) is 1. The predicted octanol–water partition coefficient (Wildman–Crippen LogP) is 3.02. The van der Waals surface area contributed by atoms with Crippen LogP contribution >= 0.6 is 0 Å². The minimum Gasteiger partial charge on any atom is -0.497 e. The van der Waals surface area contributed by atoms with E-state index in [1.807, 2.05) is 48.9 Å². The highest BCUT2D eigenvalue weighted by atomic mass is 16.5. The van der Waals surface area contributed by atoms with Crippen LogP contribution in [0.1, 0.15) is 11.3 Å². The molecule has 0 unspecified atom stereocenters. The molecule has 5 nitrogen and oxygen atoms in total. The summed E-state index contributed by atoms with van der Waals surface area (Å²) in [5, 5.41) is 0. The zero-order valence-corrected chi connectivity index (χ0v) is 12.4. The summed E-state index contributed by atoms with van der Waals surface area (Å²) < 4.78 is 5.33. The molecule has 0 saturated heterocycles. The zero-order valence-electron chi connectivity index (χ0n) is 12.4. The summed E-state index contributed by atoms with van der Waals surface area (Å²) in [6, 6.07) is 12.1. The summed E-state index contributed by atoms with van der Waals surface area (Å²) in [5.74, 6) is 0.849. The molecule has 0 radical (unpaired) electrons. The van der Waals surface area contributed by atoms with Crippen molar-refractivity contribution in [2.45, 2.75) is 13.1 Å². The van der Waals surface area contributed by atoms with Crippen molar-refractivity contribution in [1.29, 1.82) is 0 Å². The van der Waals surface area contributed by atoms with Gasteiger partial charge in [-0.2, -0.15) is 0 Å². The highest BCUT2D eigenvalue weighted by Gasteiger charge is 2.10. The number of anilines is 1. The van der Waals surface area contributed by atoms with Gasteiger partial charge >= 0.3 is 0 Å². The number of nitrogens with zero attached hydrogens (tertiary/aromatic N) is 3. The van der Waals surface area contributed by atoms with Gasteiger partial charge in [0.15, 0.2) is 0 Å². The molecule has 1 N–H and O–H groups in total. The smallest absolute Gasteiger partial charge is 0.120 e. The normalized spacial score (nSPS) is 10.4. The maximum Gasteiger partial charge on any atom is 0.120 e. The second kappa shape index (κ2) is 6.76. The lowest BCUT2D eigenvalue weighted by Crippen LogP contribution is -2.22. The molecular weight excluding hydrogens is 276 g/mol. The average Bonchev–Trinajstić information content (AvgIpc) is 3.08. The van der Waals surface area contributed by atoms with Gasteiger partial charge in [-0.15, -0.1) is 0 Å². The first kappa shape index (κ1) is 14.1. The fraction of sp³-hybridized carbons (Fsp3) is 0.176. The second-order valence-corrected chi connectivity index (χ2v) is 4.99. The van der Waals surface area contributed by atoms with E-state index in [0.29, 0.717) is 0 Å². The number of benzene rings is 1. The summed E-state index contributed by atoms with van der Waals surface area (Å²) >= 11 is 0. The van der Waals surface area contributed by atoms with E-state index in [2.05, 4.69) is 25.9 Å². The summed E-state index contributed by atoms with van der Waals surface area (Å²) in [6.45, 7) is 1.53. The third-order valence-corrected chi connectivity index (χ3v) is 3.46. The van der Waals surface area contributed by atoms with Crippen molar-refractivity contribution in [1.82, 2.24) is 15.0 Å². The van der Waals surface area contributed by atoms with Crippen molar-refractivity contribution in [3.8, 4) is 5.75 Å². The number of aromatic nitrogens is 3. The number of imidazole rings is 1. The molecule has 1 aromatic carbocycles. The van der Waals surface area contributed by atoms with Crippen LogP contribution in [-0.4, -0.2) is 22.1 Å². The summed E-state index contributed by atoms with van der Waals surface area (Å²) in [7, 11) is 1.68. The number of hydrogen-bond donors (Lipinski definition) is 1. The molecule has 0 spiro atoms. The van der Waals surface area contributed by atoms with Crippen LogP contribution in [0.4, 0.5) is 5.69 Å². The molecule has 5 heteroatoms. The Hall–Kier alpha value is -2.82. The molecule has 0 bridgehead atoms. The van der Waals surface area contributed by atoms with E-state index in [4.69, 9.17) is 4.74 Å². The third-order valence-electron chi connectivity index (χ3n) is 3.46. The Labute approximate surface area is 129 Å². The van der Waals surface area contributed by atoms with Gasteiger partial charge < -0.3 is 14.6 Å². The van der Waals surface area contributed by atoms with Crippen molar-refractivity contribution in [3.63, 3.8) is 0 Å². The number of methoxy groups -OCH3 is 1. The van der Waals surface area contributed by atoms with Gasteiger partial charge in [-0.25, -0.2) is 4.98 Å². The van der Waals surface area contributed by atoms with Gasteiger partial charge in [0.1, 0.15) is 5.75 Å². The van der Waals surface area contributed by atoms with Crippen LogP contribution in [0.15, 0.2) is 61.3 Å². The lowest BCUT2D eigenvalue weighted by Gasteiger charge is -2.24. The zero-order chi connectivity index (χ0) is 15.2. The molecule has 2 aromatic heterocycles. The number of rotatable bonds is 6. The fourth-order valence-corrected chi connectivity index (χ4v) is 2.33. The van der Waals surface area contributed by atoms with Crippen LogP contribution in [0.5, 0.6) is 5.75 Å². The Kier molecular flexibility index (Phi) is 4.34. The number of H-pyrrole nitrogens is 1. The van der Waals surface area contributed by atoms with Crippen LogP contribution in [-0.2, 0) is 13.1 Å². The van der Waals surface area contributed by atoms with E-state index in [1.54, 1.807) is 13.4 Å². The minimum atomic E-state index is 0.746. The van der Waals surface area contributed by atoms with Crippen LogP contribution in [0.3, 0.4) is 0 Å². The molecule has 0 saturated carbocycles. The van der Waals surface area contributed by atoms with E-state index in [9.17, 15) is 0 Å². The first-order chi connectivity index (χ1) is 10.8. The molecule has 2 heterocycles. The van der Waals surface area contributed by atoms with E-state index in [1.165, 1.54) is 5.56 Å². The van der Waals surface area contributed by atoms with E-state index in [0.717, 1.165) is 30.2 Å². The topological polar surface area (TPSA) is 54.0 Å². The molecule has 0 aliphatic carbocycles. The number of pyridine rings is 1. The maximum absolute atomic E-state index is 5.33. The Morgan fingerprint density at radius 2 is 1.95 bits per heavy atom. The quantitative estimate of drug-likeness (QED) is 0.759. The molecular formula is C17H18N4O. The van der Waals surface area contributed by atoms with Crippen molar-refractivity contribution >= 4 is 5.69 Å². The lowest BCUT2D eigenvalue weighted by atomic mass is 10.2. The van der Waals surface area contributed by atoms with Crippen molar-refractivity contribution in [2.75, 3.05) is 12.0 Å². The summed E-state index contributed by atoms with van der Waals surface area (Å²) in [4.78, 5) is 13.6. The first-order valence-corrected chi connectivity index (χ1v) is 7.10. The Bertz CT molecular complexity index is 698. The van der Waals surface area contributed by atoms with Crippen LogP contribution in [0.25, 0.3) is 0 Å². The van der Waals surface area contributed by atoms with Crippen LogP contribution < -0.4 is 9.64 Å². The molecule has 3 rings (SSSR count). The fourth-order valence-electron chi connectivity index (χ4n) is 2.33. The Balaban J connectivity index is 1.87. The van der Waals surface area contributed by atoms with Gasteiger partial charge in [-0.3, -0.25) is 4.98 Å². The lowest BCUT2D eigenvalue weighted by molar-refractivity contribution is 0.414. The number of nitrogens with one attached hydrogen (secondary N) is 1. The van der Waals surface area contributed by atoms with Crippen molar-refractivity contribution < 1.29 is 4.74 Å². The van der Waals surface area contributed by atoms with Gasteiger partial charge in [-0.1, -0.05) is 6.07 Å². The molecule has 0 amide bonds. The molecule has 0 aliphatic rings. The maximum atomic E-state index is 5.33. The molecule has 22 heavy (non-hydrogen) atoms. The Morgan fingerprint density at radius 1 is 1.09 bits per heavy atom. The summed E-state index contributed by atoms with van der Waals surface area (Å²) in [6.07, 6.45) is 7.18.